The topological polar surface area (TPSA) is 88.9 Å². The molecule has 2 aromatic carbocycles. The molecule has 5 rings (SSSR count). The Balaban J connectivity index is 1.40. The molecule has 6 heteroatoms. The monoisotopic (exact) mass is 399 g/mol. The molecular weight excluding hydrogens is 374 g/mol. The number of nitrogens with zero attached hydrogens (tertiary/aromatic N) is 2. The fourth-order valence-corrected chi connectivity index (χ4v) is 4.03. The molecule has 30 heavy (non-hydrogen) atoms. The minimum Gasteiger partial charge on any atom is -0.489 e. The van der Waals surface area contributed by atoms with Crippen molar-refractivity contribution in [1.29, 1.82) is 0 Å². The van der Waals surface area contributed by atoms with Crippen molar-refractivity contribution < 1.29 is 4.74 Å². The molecular formula is C24H25N5O. The summed E-state index contributed by atoms with van der Waals surface area (Å²) in [6.07, 6.45) is 5.77. The molecule has 0 saturated heterocycles. The zero-order valence-corrected chi connectivity index (χ0v) is 16.7. The van der Waals surface area contributed by atoms with Gasteiger partial charge >= 0.3 is 0 Å². The van der Waals surface area contributed by atoms with Crippen molar-refractivity contribution in [3.05, 3.63) is 72.7 Å². The van der Waals surface area contributed by atoms with Crippen molar-refractivity contribution in [3.63, 3.8) is 0 Å². The number of aromatic nitrogens is 3. The van der Waals surface area contributed by atoms with Gasteiger partial charge in [0, 0.05) is 17.8 Å². The standard InChI is InChI=1S/C24H25N5O/c25-12-17-9-19(10-17)29-24-22-21(13-26-23(22)27-15-28-24)18-7-4-8-20(11-18)30-14-16-5-2-1-3-6-16/h1-8,11,13,15,17,19H,9-10,12,14,25H2,(H2,26,27,28,29). The van der Waals surface area contributed by atoms with Gasteiger partial charge in [-0.2, -0.15) is 0 Å². The normalized spacial score (nSPS) is 18.2. The summed E-state index contributed by atoms with van der Waals surface area (Å²) in [5.74, 6) is 2.32. The van der Waals surface area contributed by atoms with Crippen LogP contribution in [-0.2, 0) is 6.61 Å². The van der Waals surface area contributed by atoms with Gasteiger partial charge in [-0.05, 0) is 48.6 Å². The van der Waals surface area contributed by atoms with Crippen molar-refractivity contribution in [2.45, 2.75) is 25.5 Å². The van der Waals surface area contributed by atoms with Gasteiger partial charge in [-0.25, -0.2) is 9.97 Å². The molecule has 2 heterocycles. The first kappa shape index (κ1) is 18.6. The van der Waals surface area contributed by atoms with Crippen LogP contribution >= 0.6 is 0 Å². The van der Waals surface area contributed by atoms with Gasteiger partial charge in [-0.3, -0.25) is 0 Å². The Morgan fingerprint density at radius 2 is 1.93 bits per heavy atom. The summed E-state index contributed by atoms with van der Waals surface area (Å²) < 4.78 is 6.02. The highest BCUT2D eigenvalue weighted by Crippen LogP contribution is 2.36. The Labute approximate surface area is 175 Å². The summed E-state index contributed by atoms with van der Waals surface area (Å²) in [5.41, 5.74) is 9.87. The zero-order valence-electron chi connectivity index (χ0n) is 16.7. The first-order chi connectivity index (χ1) is 14.8. The summed E-state index contributed by atoms with van der Waals surface area (Å²) in [5, 5.41) is 4.59. The van der Waals surface area contributed by atoms with Crippen LogP contribution in [0.4, 0.5) is 5.82 Å². The van der Waals surface area contributed by atoms with E-state index in [0.717, 1.165) is 58.7 Å². The lowest BCUT2D eigenvalue weighted by Crippen LogP contribution is -2.39. The van der Waals surface area contributed by atoms with Gasteiger partial charge < -0.3 is 20.8 Å². The number of anilines is 1. The Hall–Kier alpha value is -3.38. The van der Waals surface area contributed by atoms with Crippen LogP contribution in [0.15, 0.2) is 67.1 Å². The Kier molecular flexibility index (Phi) is 5.07. The molecule has 0 unspecified atom stereocenters. The molecule has 6 nitrogen and oxygen atoms in total. The molecule has 0 bridgehead atoms. The van der Waals surface area contributed by atoms with E-state index < -0.39 is 0 Å². The number of benzene rings is 2. The summed E-state index contributed by atoms with van der Waals surface area (Å²) in [4.78, 5) is 12.2. The van der Waals surface area contributed by atoms with Crippen LogP contribution < -0.4 is 15.8 Å². The smallest absolute Gasteiger partial charge is 0.143 e. The van der Waals surface area contributed by atoms with Crippen molar-refractivity contribution in [1.82, 2.24) is 15.0 Å². The molecule has 1 aliphatic carbocycles. The highest BCUT2D eigenvalue weighted by atomic mass is 16.5. The van der Waals surface area contributed by atoms with E-state index >= 15 is 0 Å². The third-order valence-electron chi connectivity index (χ3n) is 5.77. The van der Waals surface area contributed by atoms with E-state index in [9.17, 15) is 0 Å². The number of fused-ring (bicyclic) bond motifs is 1. The zero-order chi connectivity index (χ0) is 20.3. The van der Waals surface area contributed by atoms with Crippen molar-refractivity contribution in [2.24, 2.45) is 11.7 Å². The van der Waals surface area contributed by atoms with E-state index in [1.165, 1.54) is 0 Å². The number of hydrogen-bond acceptors (Lipinski definition) is 5. The lowest BCUT2D eigenvalue weighted by atomic mass is 9.80. The van der Waals surface area contributed by atoms with Gasteiger partial charge in [0.1, 0.15) is 30.1 Å². The molecule has 0 atom stereocenters. The van der Waals surface area contributed by atoms with Crippen LogP contribution in [0.3, 0.4) is 0 Å². The van der Waals surface area contributed by atoms with Gasteiger partial charge in [-0.1, -0.05) is 42.5 Å². The number of hydrogen-bond donors (Lipinski definition) is 3. The number of nitrogens with two attached hydrogens (primary N) is 1. The molecule has 1 saturated carbocycles. The van der Waals surface area contributed by atoms with Crippen LogP contribution in [0.1, 0.15) is 18.4 Å². The lowest BCUT2D eigenvalue weighted by Gasteiger charge is -2.35. The van der Waals surface area contributed by atoms with Crippen molar-refractivity contribution >= 4 is 16.9 Å². The molecule has 0 aliphatic heterocycles. The predicted molar refractivity (Wildman–Crippen MR) is 119 cm³/mol. The first-order valence-corrected chi connectivity index (χ1v) is 10.4. The molecule has 1 fully saturated rings. The van der Waals surface area contributed by atoms with Crippen LogP contribution in [-0.4, -0.2) is 27.5 Å². The van der Waals surface area contributed by atoms with Crippen molar-refractivity contribution in [2.75, 3.05) is 11.9 Å². The van der Waals surface area contributed by atoms with Crippen molar-refractivity contribution in [3.8, 4) is 16.9 Å². The molecule has 4 N–H and O–H groups in total. The van der Waals surface area contributed by atoms with E-state index in [2.05, 4.69) is 44.5 Å². The third kappa shape index (κ3) is 3.74. The highest BCUT2D eigenvalue weighted by Gasteiger charge is 2.28. The molecule has 152 valence electrons. The van der Waals surface area contributed by atoms with E-state index in [1.807, 2.05) is 36.5 Å². The second kappa shape index (κ2) is 8.16. The van der Waals surface area contributed by atoms with Gasteiger partial charge in [0.15, 0.2) is 0 Å². The number of H-pyrrole nitrogens is 1. The van der Waals surface area contributed by atoms with Crippen LogP contribution in [0.5, 0.6) is 5.75 Å². The Morgan fingerprint density at radius 1 is 1.07 bits per heavy atom. The SMILES string of the molecule is NCC1CC(Nc2ncnc3[nH]cc(-c4cccc(OCc5ccccc5)c4)c23)C1. The highest BCUT2D eigenvalue weighted by molar-refractivity contribution is 6.01. The van der Waals surface area contributed by atoms with E-state index in [0.29, 0.717) is 18.6 Å². The molecule has 0 spiro atoms. The first-order valence-electron chi connectivity index (χ1n) is 10.4. The summed E-state index contributed by atoms with van der Waals surface area (Å²) >= 11 is 0. The quantitative estimate of drug-likeness (QED) is 0.430. The van der Waals surface area contributed by atoms with E-state index in [1.54, 1.807) is 6.33 Å². The maximum absolute atomic E-state index is 6.02. The average Bonchev–Trinajstić information content (AvgIpc) is 3.20. The number of aromatic amines is 1. The van der Waals surface area contributed by atoms with E-state index in [-0.39, 0.29) is 0 Å². The third-order valence-corrected chi connectivity index (χ3v) is 5.77. The van der Waals surface area contributed by atoms with Crippen LogP contribution in [0.2, 0.25) is 0 Å². The summed E-state index contributed by atoms with van der Waals surface area (Å²) in [7, 11) is 0. The van der Waals surface area contributed by atoms with Gasteiger partial charge in [-0.15, -0.1) is 0 Å². The minimum absolute atomic E-state index is 0.417. The number of ether oxygens (including phenoxy) is 1. The fraction of sp³-hybridized carbons (Fsp3) is 0.250. The molecule has 1 aliphatic rings. The van der Waals surface area contributed by atoms with Gasteiger partial charge in [0.2, 0.25) is 0 Å². The predicted octanol–water partition coefficient (Wildman–Crippen LogP) is 4.35. The fourth-order valence-electron chi connectivity index (χ4n) is 4.03. The van der Waals surface area contributed by atoms with Crippen LogP contribution in [0.25, 0.3) is 22.2 Å². The Bertz CT molecular complexity index is 1130. The van der Waals surface area contributed by atoms with Gasteiger partial charge in [0.05, 0.1) is 5.39 Å². The maximum atomic E-state index is 6.02. The van der Waals surface area contributed by atoms with E-state index in [4.69, 9.17) is 10.5 Å². The second-order valence-corrected chi connectivity index (χ2v) is 7.86. The minimum atomic E-state index is 0.417. The Morgan fingerprint density at radius 3 is 2.77 bits per heavy atom. The lowest BCUT2D eigenvalue weighted by molar-refractivity contribution is 0.291. The maximum Gasteiger partial charge on any atom is 0.143 e. The van der Waals surface area contributed by atoms with Gasteiger partial charge in [0.25, 0.3) is 0 Å². The molecule has 0 amide bonds. The molecule has 0 radical (unpaired) electrons. The molecule has 4 aromatic rings. The average molecular weight is 399 g/mol. The summed E-state index contributed by atoms with van der Waals surface area (Å²) in [6.45, 7) is 1.29. The van der Waals surface area contributed by atoms with Crippen LogP contribution in [0, 0.1) is 5.92 Å². The summed E-state index contributed by atoms with van der Waals surface area (Å²) in [6, 6.07) is 18.7. The molecule has 2 aromatic heterocycles. The number of nitrogens with one attached hydrogen (secondary N) is 2. The number of rotatable bonds is 7. The second-order valence-electron chi connectivity index (χ2n) is 7.86. The largest absolute Gasteiger partial charge is 0.489 e.